The number of nitrogens with zero attached hydrogens (tertiary/aromatic N) is 1. The van der Waals surface area contributed by atoms with E-state index in [9.17, 15) is 0 Å². The molecule has 2 nitrogen and oxygen atoms in total. The molecule has 0 radical (unpaired) electrons. The van der Waals surface area contributed by atoms with Crippen molar-refractivity contribution in [3.05, 3.63) is 34.3 Å². The first-order chi connectivity index (χ1) is 9.03. The summed E-state index contributed by atoms with van der Waals surface area (Å²) in [6, 6.07) is 9.20. The third kappa shape index (κ3) is 3.80. The highest BCUT2D eigenvalue weighted by molar-refractivity contribution is 9.10. The lowest BCUT2D eigenvalue weighted by atomic mass is 9.95. The van der Waals surface area contributed by atoms with E-state index in [-0.39, 0.29) is 5.54 Å². The Kier molecular flexibility index (Phi) is 5.04. The van der Waals surface area contributed by atoms with Crippen LogP contribution in [0.3, 0.4) is 0 Å². The standard InChI is InChI=1S/C16H25BrN2/c1-4-7-14-11-19(16(2,3)12-18-14)10-13-8-5-6-9-15(13)17/h5-6,8-9,14,18H,4,7,10-12H2,1-3H3. The van der Waals surface area contributed by atoms with Gasteiger partial charge in [0.15, 0.2) is 0 Å². The van der Waals surface area contributed by atoms with Crippen molar-refractivity contribution in [3.63, 3.8) is 0 Å². The predicted molar refractivity (Wildman–Crippen MR) is 85.3 cm³/mol. The molecule has 1 aromatic rings. The zero-order valence-corrected chi connectivity index (χ0v) is 13.8. The summed E-state index contributed by atoms with van der Waals surface area (Å²) < 4.78 is 1.22. The number of hydrogen-bond acceptors (Lipinski definition) is 2. The topological polar surface area (TPSA) is 15.3 Å². The third-order valence-corrected chi connectivity index (χ3v) is 4.85. The van der Waals surface area contributed by atoms with Crippen LogP contribution < -0.4 is 5.32 Å². The van der Waals surface area contributed by atoms with Crippen LogP contribution >= 0.6 is 15.9 Å². The molecule has 0 aliphatic carbocycles. The van der Waals surface area contributed by atoms with E-state index < -0.39 is 0 Å². The second-order valence-electron chi connectivity index (χ2n) is 6.15. The minimum Gasteiger partial charge on any atom is -0.311 e. The van der Waals surface area contributed by atoms with Crippen molar-refractivity contribution >= 4 is 15.9 Å². The highest BCUT2D eigenvalue weighted by Gasteiger charge is 2.33. The molecule has 1 heterocycles. The molecule has 1 aromatic carbocycles. The summed E-state index contributed by atoms with van der Waals surface area (Å²) in [6.07, 6.45) is 2.52. The number of nitrogens with one attached hydrogen (secondary N) is 1. The second-order valence-corrected chi connectivity index (χ2v) is 7.01. The monoisotopic (exact) mass is 324 g/mol. The molecule has 0 bridgehead atoms. The minimum absolute atomic E-state index is 0.222. The number of benzene rings is 1. The molecule has 0 aromatic heterocycles. The molecule has 1 fully saturated rings. The molecule has 1 atom stereocenters. The van der Waals surface area contributed by atoms with Gasteiger partial charge in [-0.2, -0.15) is 0 Å². The molecule has 1 aliphatic heterocycles. The van der Waals surface area contributed by atoms with Gasteiger partial charge in [-0.05, 0) is 31.9 Å². The van der Waals surface area contributed by atoms with Gasteiger partial charge >= 0.3 is 0 Å². The summed E-state index contributed by atoms with van der Waals surface area (Å²) in [5.41, 5.74) is 1.60. The molecule has 0 amide bonds. The maximum atomic E-state index is 3.69. The van der Waals surface area contributed by atoms with Crippen LogP contribution in [0.2, 0.25) is 0 Å². The lowest BCUT2D eigenvalue weighted by molar-refractivity contribution is 0.0562. The van der Waals surface area contributed by atoms with E-state index in [0.29, 0.717) is 6.04 Å². The van der Waals surface area contributed by atoms with Gasteiger partial charge in [0, 0.05) is 35.7 Å². The van der Waals surface area contributed by atoms with E-state index in [1.54, 1.807) is 0 Å². The molecular weight excluding hydrogens is 300 g/mol. The van der Waals surface area contributed by atoms with Crippen molar-refractivity contribution in [2.75, 3.05) is 13.1 Å². The Morgan fingerprint density at radius 1 is 1.37 bits per heavy atom. The maximum Gasteiger partial charge on any atom is 0.0281 e. The van der Waals surface area contributed by atoms with Crippen molar-refractivity contribution in [1.82, 2.24) is 10.2 Å². The summed E-state index contributed by atoms with van der Waals surface area (Å²) >= 11 is 3.66. The van der Waals surface area contributed by atoms with E-state index in [1.165, 1.54) is 22.9 Å². The van der Waals surface area contributed by atoms with Crippen LogP contribution in [-0.2, 0) is 6.54 Å². The molecule has 1 N–H and O–H groups in total. The van der Waals surface area contributed by atoms with Gasteiger partial charge in [-0.1, -0.05) is 47.5 Å². The lowest BCUT2D eigenvalue weighted by Crippen LogP contribution is -2.61. The van der Waals surface area contributed by atoms with Crippen LogP contribution in [0.15, 0.2) is 28.7 Å². The molecule has 1 aliphatic rings. The Balaban J connectivity index is 2.09. The average molecular weight is 325 g/mol. The Hall–Kier alpha value is -0.380. The number of hydrogen-bond donors (Lipinski definition) is 1. The molecule has 1 unspecified atom stereocenters. The van der Waals surface area contributed by atoms with Gasteiger partial charge < -0.3 is 5.32 Å². The van der Waals surface area contributed by atoms with Crippen LogP contribution in [0.25, 0.3) is 0 Å². The summed E-state index contributed by atoms with van der Waals surface area (Å²) in [5.74, 6) is 0. The SMILES string of the molecule is CCCC1CN(Cc2ccccc2Br)C(C)(C)CN1. The van der Waals surface area contributed by atoms with Crippen molar-refractivity contribution in [3.8, 4) is 0 Å². The number of piperazine rings is 1. The van der Waals surface area contributed by atoms with Gasteiger partial charge in [-0.25, -0.2) is 0 Å². The van der Waals surface area contributed by atoms with Gasteiger partial charge in [0.25, 0.3) is 0 Å². The first-order valence-corrected chi connectivity index (χ1v) is 8.04. The molecule has 2 rings (SSSR count). The second kappa shape index (κ2) is 6.38. The smallest absolute Gasteiger partial charge is 0.0281 e. The zero-order valence-electron chi connectivity index (χ0n) is 12.2. The fourth-order valence-electron chi connectivity index (χ4n) is 2.74. The summed E-state index contributed by atoms with van der Waals surface area (Å²) in [7, 11) is 0. The quantitative estimate of drug-likeness (QED) is 0.906. The number of rotatable bonds is 4. The van der Waals surface area contributed by atoms with Gasteiger partial charge in [0.2, 0.25) is 0 Å². The van der Waals surface area contributed by atoms with Crippen molar-refractivity contribution < 1.29 is 0 Å². The third-order valence-electron chi connectivity index (χ3n) is 4.08. The van der Waals surface area contributed by atoms with Crippen molar-refractivity contribution in [2.24, 2.45) is 0 Å². The van der Waals surface area contributed by atoms with Crippen LogP contribution in [0.5, 0.6) is 0 Å². The molecule has 106 valence electrons. The highest BCUT2D eigenvalue weighted by atomic mass is 79.9. The van der Waals surface area contributed by atoms with Crippen molar-refractivity contribution in [1.29, 1.82) is 0 Å². The fourth-order valence-corrected chi connectivity index (χ4v) is 3.15. The first kappa shape index (κ1) is 15.0. The Morgan fingerprint density at radius 3 is 2.79 bits per heavy atom. The summed E-state index contributed by atoms with van der Waals surface area (Å²) in [4.78, 5) is 2.62. The van der Waals surface area contributed by atoms with E-state index in [2.05, 4.69) is 71.2 Å². The molecular formula is C16H25BrN2. The van der Waals surface area contributed by atoms with E-state index in [0.717, 1.165) is 19.6 Å². The van der Waals surface area contributed by atoms with Crippen LogP contribution in [0.4, 0.5) is 0 Å². The van der Waals surface area contributed by atoms with Crippen LogP contribution in [-0.4, -0.2) is 29.6 Å². The van der Waals surface area contributed by atoms with E-state index in [1.807, 2.05) is 0 Å². The molecule has 19 heavy (non-hydrogen) atoms. The fraction of sp³-hybridized carbons (Fsp3) is 0.625. The Morgan fingerprint density at radius 2 is 2.11 bits per heavy atom. The number of halogens is 1. The Labute approximate surface area is 125 Å². The van der Waals surface area contributed by atoms with E-state index in [4.69, 9.17) is 0 Å². The van der Waals surface area contributed by atoms with Gasteiger partial charge in [-0.3, -0.25) is 4.90 Å². The lowest BCUT2D eigenvalue weighted by Gasteiger charge is -2.46. The van der Waals surface area contributed by atoms with Crippen LogP contribution in [0.1, 0.15) is 39.2 Å². The van der Waals surface area contributed by atoms with Crippen molar-refractivity contribution in [2.45, 2.75) is 51.7 Å². The normalized spacial score (nSPS) is 23.5. The first-order valence-electron chi connectivity index (χ1n) is 7.25. The van der Waals surface area contributed by atoms with Gasteiger partial charge in [-0.15, -0.1) is 0 Å². The molecule has 3 heteroatoms. The zero-order chi connectivity index (χ0) is 13.9. The minimum atomic E-state index is 0.222. The molecule has 1 saturated heterocycles. The summed E-state index contributed by atoms with van der Waals surface area (Å²) in [6.45, 7) is 10.2. The van der Waals surface area contributed by atoms with Gasteiger partial charge in [0.1, 0.15) is 0 Å². The maximum absolute atomic E-state index is 3.69. The highest BCUT2D eigenvalue weighted by Crippen LogP contribution is 2.25. The van der Waals surface area contributed by atoms with Gasteiger partial charge in [0.05, 0.1) is 0 Å². The average Bonchev–Trinajstić information content (AvgIpc) is 2.36. The predicted octanol–water partition coefficient (Wildman–Crippen LogP) is 3.80. The summed E-state index contributed by atoms with van der Waals surface area (Å²) in [5, 5.41) is 3.69. The molecule has 0 saturated carbocycles. The Bertz CT molecular complexity index is 417. The van der Waals surface area contributed by atoms with E-state index >= 15 is 0 Å². The van der Waals surface area contributed by atoms with Crippen LogP contribution in [0, 0.1) is 0 Å². The largest absolute Gasteiger partial charge is 0.311 e. The molecule has 0 spiro atoms.